The third-order valence-electron chi connectivity index (χ3n) is 4.21. The van der Waals surface area contributed by atoms with Crippen molar-refractivity contribution in [2.75, 3.05) is 11.9 Å². The Bertz CT molecular complexity index is 441. The molecule has 6 nitrogen and oxygen atoms in total. The lowest BCUT2D eigenvalue weighted by molar-refractivity contribution is -0.385. The first kappa shape index (κ1) is 14.7. The summed E-state index contributed by atoms with van der Waals surface area (Å²) in [7, 11) is 1.98. The number of nitro groups is 1. The molecule has 2 rings (SSSR count). The highest BCUT2D eigenvalue weighted by molar-refractivity contribution is 5.34. The van der Waals surface area contributed by atoms with Crippen LogP contribution in [0.2, 0.25) is 0 Å². The maximum absolute atomic E-state index is 10.6. The van der Waals surface area contributed by atoms with Crippen LogP contribution in [0.3, 0.4) is 0 Å². The number of aromatic nitrogens is 2. The molecule has 0 unspecified atom stereocenters. The molecular formula is C14H22N4O2. The molecule has 6 heteroatoms. The number of anilines is 1. The Morgan fingerprint density at radius 2 is 1.90 bits per heavy atom. The molecule has 1 heterocycles. The van der Waals surface area contributed by atoms with E-state index < -0.39 is 4.92 Å². The van der Waals surface area contributed by atoms with Gasteiger partial charge in [0, 0.05) is 13.1 Å². The van der Waals surface area contributed by atoms with Gasteiger partial charge >= 0.3 is 5.69 Å². The molecule has 1 aliphatic carbocycles. The number of hydrogen-bond acceptors (Lipinski definition) is 5. The fraction of sp³-hybridized carbons (Fsp3) is 0.714. The largest absolute Gasteiger partial charge is 0.341 e. The fourth-order valence-electron chi connectivity index (χ4n) is 2.98. The maximum atomic E-state index is 10.6. The van der Waals surface area contributed by atoms with Crippen LogP contribution in [-0.2, 0) is 0 Å². The Morgan fingerprint density at radius 1 is 1.30 bits per heavy atom. The summed E-state index contributed by atoms with van der Waals surface area (Å²) in [4.78, 5) is 20.4. The van der Waals surface area contributed by atoms with E-state index in [-0.39, 0.29) is 5.69 Å². The van der Waals surface area contributed by atoms with E-state index in [0.717, 1.165) is 18.8 Å². The zero-order chi connectivity index (χ0) is 14.5. The average Bonchev–Trinajstić information content (AvgIpc) is 2.48. The third kappa shape index (κ3) is 3.43. The van der Waals surface area contributed by atoms with Gasteiger partial charge in [0.15, 0.2) is 0 Å². The summed E-state index contributed by atoms with van der Waals surface area (Å²) in [5.41, 5.74) is -0.0613. The van der Waals surface area contributed by atoms with E-state index in [2.05, 4.69) is 21.8 Å². The average molecular weight is 278 g/mol. The lowest BCUT2D eigenvalue weighted by Crippen LogP contribution is -2.36. The number of hydrogen-bond donors (Lipinski definition) is 0. The molecule has 0 aromatic carbocycles. The molecule has 0 bridgehead atoms. The van der Waals surface area contributed by atoms with Crippen LogP contribution in [0.4, 0.5) is 11.6 Å². The van der Waals surface area contributed by atoms with E-state index in [9.17, 15) is 10.1 Å². The predicted octanol–water partition coefficient (Wildman–Crippen LogP) is 3.18. The lowest BCUT2D eigenvalue weighted by Gasteiger charge is -2.34. The SMILES string of the molecule is CCCC1CCC(N(C)c2ncc([N+](=O)[O-])cn2)CC1. The van der Waals surface area contributed by atoms with E-state index in [4.69, 9.17) is 0 Å². The van der Waals surface area contributed by atoms with E-state index in [0.29, 0.717) is 12.0 Å². The van der Waals surface area contributed by atoms with Crippen LogP contribution in [0.15, 0.2) is 12.4 Å². The quantitative estimate of drug-likeness (QED) is 0.611. The van der Waals surface area contributed by atoms with Crippen LogP contribution in [0.25, 0.3) is 0 Å². The van der Waals surface area contributed by atoms with Crippen molar-refractivity contribution in [1.29, 1.82) is 0 Å². The molecule has 0 radical (unpaired) electrons. The minimum absolute atomic E-state index is 0.0613. The van der Waals surface area contributed by atoms with Gasteiger partial charge in [0.2, 0.25) is 5.95 Å². The van der Waals surface area contributed by atoms with Gasteiger partial charge in [0.25, 0.3) is 0 Å². The molecule has 1 fully saturated rings. The molecule has 0 amide bonds. The molecule has 1 aliphatic rings. The fourth-order valence-corrected chi connectivity index (χ4v) is 2.98. The lowest BCUT2D eigenvalue weighted by atomic mass is 9.83. The van der Waals surface area contributed by atoms with Gasteiger partial charge in [-0.3, -0.25) is 10.1 Å². The molecule has 0 aliphatic heterocycles. The highest BCUT2D eigenvalue weighted by Gasteiger charge is 2.25. The van der Waals surface area contributed by atoms with Crippen molar-refractivity contribution in [3.05, 3.63) is 22.5 Å². The summed E-state index contributed by atoms with van der Waals surface area (Å²) in [6, 6.07) is 0.449. The number of nitrogens with zero attached hydrogens (tertiary/aromatic N) is 4. The topological polar surface area (TPSA) is 72.2 Å². The van der Waals surface area contributed by atoms with Crippen LogP contribution < -0.4 is 4.90 Å². The molecule has 0 saturated heterocycles. The molecule has 1 aromatic heterocycles. The van der Waals surface area contributed by atoms with Crippen molar-refractivity contribution >= 4 is 11.6 Å². The van der Waals surface area contributed by atoms with E-state index in [1.165, 1.54) is 38.1 Å². The first-order chi connectivity index (χ1) is 9.61. The van der Waals surface area contributed by atoms with E-state index in [1.807, 2.05) is 7.05 Å². The summed E-state index contributed by atoms with van der Waals surface area (Å²) in [6.07, 6.45) is 9.97. The van der Waals surface area contributed by atoms with Crippen molar-refractivity contribution in [2.45, 2.75) is 51.5 Å². The summed E-state index contributed by atoms with van der Waals surface area (Å²) < 4.78 is 0. The highest BCUT2D eigenvalue weighted by Crippen LogP contribution is 2.31. The zero-order valence-corrected chi connectivity index (χ0v) is 12.2. The second-order valence-corrected chi connectivity index (χ2v) is 5.57. The summed E-state index contributed by atoms with van der Waals surface area (Å²) in [6.45, 7) is 2.24. The van der Waals surface area contributed by atoms with Crippen LogP contribution >= 0.6 is 0 Å². The molecule has 1 saturated carbocycles. The Labute approximate surface area is 119 Å². The maximum Gasteiger partial charge on any atom is 0.305 e. The standard InChI is InChI=1S/C14H22N4O2/c1-3-4-11-5-7-12(8-6-11)17(2)14-15-9-13(10-16-14)18(19)20/h9-12H,3-8H2,1-2H3. The van der Waals surface area contributed by atoms with Gasteiger partial charge < -0.3 is 4.90 Å². The van der Waals surface area contributed by atoms with Gasteiger partial charge in [0.1, 0.15) is 12.4 Å². The predicted molar refractivity (Wildman–Crippen MR) is 77.7 cm³/mol. The van der Waals surface area contributed by atoms with E-state index in [1.54, 1.807) is 0 Å². The zero-order valence-electron chi connectivity index (χ0n) is 12.2. The van der Waals surface area contributed by atoms with Crippen LogP contribution in [0.5, 0.6) is 0 Å². The van der Waals surface area contributed by atoms with Gasteiger partial charge in [-0.15, -0.1) is 0 Å². The van der Waals surface area contributed by atoms with E-state index >= 15 is 0 Å². The molecule has 110 valence electrons. The second kappa shape index (κ2) is 6.63. The molecule has 0 spiro atoms. The van der Waals surface area contributed by atoms with Gasteiger partial charge in [-0.05, 0) is 31.6 Å². The first-order valence-corrected chi connectivity index (χ1v) is 7.31. The van der Waals surface area contributed by atoms with Gasteiger partial charge in [-0.25, -0.2) is 9.97 Å². The van der Waals surface area contributed by atoms with Crippen molar-refractivity contribution in [1.82, 2.24) is 9.97 Å². The van der Waals surface area contributed by atoms with Crippen molar-refractivity contribution in [3.63, 3.8) is 0 Å². The Balaban J connectivity index is 1.94. The van der Waals surface area contributed by atoms with Crippen LogP contribution in [0, 0.1) is 16.0 Å². The Hall–Kier alpha value is -1.72. The molecule has 0 N–H and O–H groups in total. The first-order valence-electron chi connectivity index (χ1n) is 7.31. The summed E-state index contributed by atoms with van der Waals surface area (Å²) in [5.74, 6) is 1.44. The highest BCUT2D eigenvalue weighted by atomic mass is 16.6. The van der Waals surface area contributed by atoms with Crippen LogP contribution in [0.1, 0.15) is 45.4 Å². The van der Waals surface area contributed by atoms with Gasteiger partial charge in [0.05, 0.1) is 4.92 Å². The number of rotatable bonds is 5. The molecule has 1 aromatic rings. The summed E-state index contributed by atoms with van der Waals surface area (Å²) in [5, 5.41) is 10.6. The van der Waals surface area contributed by atoms with Crippen LogP contribution in [-0.4, -0.2) is 28.0 Å². The Kier molecular flexibility index (Phi) is 4.87. The van der Waals surface area contributed by atoms with Crippen molar-refractivity contribution in [2.24, 2.45) is 5.92 Å². The third-order valence-corrected chi connectivity index (χ3v) is 4.21. The smallest absolute Gasteiger partial charge is 0.305 e. The molecule has 0 atom stereocenters. The van der Waals surface area contributed by atoms with Gasteiger partial charge in [-0.1, -0.05) is 19.8 Å². The Morgan fingerprint density at radius 3 is 2.40 bits per heavy atom. The molecule has 20 heavy (non-hydrogen) atoms. The van der Waals surface area contributed by atoms with Gasteiger partial charge in [-0.2, -0.15) is 0 Å². The van der Waals surface area contributed by atoms with Crippen molar-refractivity contribution in [3.8, 4) is 0 Å². The second-order valence-electron chi connectivity index (χ2n) is 5.57. The minimum atomic E-state index is -0.472. The summed E-state index contributed by atoms with van der Waals surface area (Å²) >= 11 is 0. The minimum Gasteiger partial charge on any atom is -0.341 e. The normalized spacial score (nSPS) is 22.5. The molecular weight excluding hydrogens is 256 g/mol. The van der Waals surface area contributed by atoms with Crippen molar-refractivity contribution < 1.29 is 4.92 Å². The monoisotopic (exact) mass is 278 g/mol.